The maximum atomic E-state index is 13.0. The minimum Gasteiger partial charge on any atom is -0.303 e. The van der Waals surface area contributed by atoms with Crippen molar-refractivity contribution < 1.29 is 4.39 Å². The first-order valence-corrected chi connectivity index (χ1v) is 7.14. The van der Waals surface area contributed by atoms with Gasteiger partial charge in [0, 0.05) is 12.1 Å². The Kier molecular flexibility index (Phi) is 4.91. The van der Waals surface area contributed by atoms with E-state index in [1.165, 1.54) is 17.7 Å². The van der Waals surface area contributed by atoms with Crippen LogP contribution in [0.5, 0.6) is 0 Å². The highest BCUT2D eigenvalue weighted by molar-refractivity contribution is 5.23. The van der Waals surface area contributed by atoms with Crippen LogP contribution >= 0.6 is 0 Å². The third-order valence-electron chi connectivity index (χ3n) is 3.62. The fraction of sp³-hybridized carbons (Fsp3) is 0.333. The van der Waals surface area contributed by atoms with Crippen LogP contribution in [0, 0.1) is 11.7 Å². The van der Waals surface area contributed by atoms with Gasteiger partial charge >= 0.3 is 0 Å². The molecule has 0 radical (unpaired) electrons. The topological polar surface area (TPSA) is 12.0 Å². The summed E-state index contributed by atoms with van der Waals surface area (Å²) in [4.78, 5) is 0. The van der Waals surface area contributed by atoms with Gasteiger partial charge in [0.05, 0.1) is 0 Å². The van der Waals surface area contributed by atoms with E-state index >= 15 is 0 Å². The average molecular weight is 271 g/mol. The minimum absolute atomic E-state index is 0.184. The molecule has 2 aromatic rings. The Morgan fingerprint density at radius 3 is 1.95 bits per heavy atom. The van der Waals surface area contributed by atoms with E-state index < -0.39 is 0 Å². The molecule has 0 heterocycles. The lowest BCUT2D eigenvalue weighted by molar-refractivity contribution is 0.374. The molecule has 0 aromatic heterocycles. The van der Waals surface area contributed by atoms with Crippen LogP contribution in [-0.4, -0.2) is 0 Å². The monoisotopic (exact) mass is 271 g/mol. The summed E-state index contributed by atoms with van der Waals surface area (Å²) < 4.78 is 13.0. The van der Waals surface area contributed by atoms with Crippen molar-refractivity contribution in [3.05, 3.63) is 71.5 Å². The van der Waals surface area contributed by atoms with E-state index in [2.05, 4.69) is 50.4 Å². The number of hydrogen-bond acceptors (Lipinski definition) is 1. The van der Waals surface area contributed by atoms with Crippen LogP contribution in [0.2, 0.25) is 0 Å². The molecule has 0 saturated carbocycles. The molecular weight excluding hydrogens is 249 g/mol. The van der Waals surface area contributed by atoms with Gasteiger partial charge in [-0.15, -0.1) is 0 Å². The minimum atomic E-state index is -0.190. The standard InChI is InChI=1S/C18H22FN/c1-13(2)18(16-7-5-4-6-8-16)20-14(3)15-9-11-17(19)12-10-15/h4-14,18,20H,1-3H3/t14-,18?/m0/s1. The summed E-state index contributed by atoms with van der Waals surface area (Å²) in [6.07, 6.45) is 0. The maximum absolute atomic E-state index is 13.0. The summed E-state index contributed by atoms with van der Waals surface area (Å²) >= 11 is 0. The summed E-state index contributed by atoms with van der Waals surface area (Å²) in [7, 11) is 0. The summed E-state index contributed by atoms with van der Waals surface area (Å²) in [5.41, 5.74) is 2.39. The first kappa shape index (κ1) is 14.7. The summed E-state index contributed by atoms with van der Waals surface area (Å²) in [5, 5.41) is 3.65. The van der Waals surface area contributed by atoms with Crippen LogP contribution in [-0.2, 0) is 0 Å². The Morgan fingerprint density at radius 2 is 1.40 bits per heavy atom. The largest absolute Gasteiger partial charge is 0.303 e. The van der Waals surface area contributed by atoms with E-state index in [1.807, 2.05) is 18.2 Å². The number of halogens is 1. The summed E-state index contributed by atoms with van der Waals surface area (Å²) in [6.45, 7) is 6.54. The second kappa shape index (κ2) is 6.67. The lowest BCUT2D eigenvalue weighted by Crippen LogP contribution is -2.28. The van der Waals surface area contributed by atoms with Crippen LogP contribution in [0.25, 0.3) is 0 Å². The summed E-state index contributed by atoms with van der Waals surface area (Å²) in [6, 6.07) is 17.6. The molecule has 0 saturated heterocycles. The predicted molar refractivity (Wildman–Crippen MR) is 82.0 cm³/mol. The van der Waals surface area contributed by atoms with Crippen molar-refractivity contribution in [1.82, 2.24) is 5.32 Å². The molecule has 0 amide bonds. The molecule has 1 unspecified atom stereocenters. The number of nitrogens with one attached hydrogen (secondary N) is 1. The van der Waals surface area contributed by atoms with Gasteiger partial charge < -0.3 is 5.32 Å². The molecule has 1 nitrogen and oxygen atoms in total. The van der Waals surface area contributed by atoms with Crippen LogP contribution in [0.1, 0.15) is 44.0 Å². The highest BCUT2D eigenvalue weighted by atomic mass is 19.1. The fourth-order valence-corrected chi connectivity index (χ4v) is 2.45. The normalized spacial score (nSPS) is 14.2. The van der Waals surface area contributed by atoms with Gasteiger partial charge in [-0.1, -0.05) is 56.3 Å². The molecule has 0 aliphatic rings. The van der Waals surface area contributed by atoms with Crippen molar-refractivity contribution in [2.24, 2.45) is 5.92 Å². The zero-order valence-corrected chi connectivity index (χ0v) is 12.3. The van der Waals surface area contributed by atoms with Crippen molar-refractivity contribution >= 4 is 0 Å². The molecule has 0 aliphatic carbocycles. The van der Waals surface area contributed by atoms with Gasteiger partial charge in [-0.3, -0.25) is 0 Å². The first-order valence-electron chi connectivity index (χ1n) is 7.14. The van der Waals surface area contributed by atoms with Crippen LogP contribution < -0.4 is 5.32 Å². The van der Waals surface area contributed by atoms with Crippen molar-refractivity contribution in [2.75, 3.05) is 0 Å². The Labute approximate surface area is 120 Å². The van der Waals surface area contributed by atoms with Gasteiger partial charge in [-0.25, -0.2) is 4.39 Å². The Balaban J connectivity index is 2.14. The Morgan fingerprint density at radius 1 is 0.800 bits per heavy atom. The predicted octanol–water partition coefficient (Wildman–Crippen LogP) is 4.87. The SMILES string of the molecule is CC(C)C(N[C@@H](C)c1ccc(F)cc1)c1ccccc1. The highest BCUT2D eigenvalue weighted by Crippen LogP contribution is 2.25. The molecule has 20 heavy (non-hydrogen) atoms. The second-order valence-electron chi connectivity index (χ2n) is 5.57. The van der Waals surface area contributed by atoms with Crippen LogP contribution in [0.15, 0.2) is 54.6 Å². The van der Waals surface area contributed by atoms with E-state index in [0.717, 1.165) is 5.56 Å². The second-order valence-corrected chi connectivity index (χ2v) is 5.57. The summed E-state index contributed by atoms with van der Waals surface area (Å²) in [5.74, 6) is 0.296. The molecule has 0 spiro atoms. The Hall–Kier alpha value is -1.67. The van der Waals surface area contributed by atoms with E-state index in [-0.39, 0.29) is 17.9 Å². The molecule has 0 bridgehead atoms. The molecule has 2 atom stereocenters. The van der Waals surface area contributed by atoms with Crippen molar-refractivity contribution in [1.29, 1.82) is 0 Å². The zero-order valence-electron chi connectivity index (χ0n) is 12.3. The number of rotatable bonds is 5. The van der Waals surface area contributed by atoms with Gasteiger partial charge in [0.2, 0.25) is 0 Å². The quantitative estimate of drug-likeness (QED) is 0.817. The van der Waals surface area contributed by atoms with E-state index in [9.17, 15) is 4.39 Å². The van der Waals surface area contributed by atoms with E-state index in [1.54, 1.807) is 0 Å². The lowest BCUT2D eigenvalue weighted by atomic mass is 9.94. The Bertz CT molecular complexity index is 519. The van der Waals surface area contributed by atoms with Crippen LogP contribution in [0.4, 0.5) is 4.39 Å². The zero-order chi connectivity index (χ0) is 14.5. The van der Waals surface area contributed by atoms with Crippen LogP contribution in [0.3, 0.4) is 0 Å². The lowest BCUT2D eigenvalue weighted by Gasteiger charge is -2.27. The van der Waals surface area contributed by atoms with Gasteiger partial charge in [-0.05, 0) is 36.1 Å². The first-order chi connectivity index (χ1) is 9.58. The van der Waals surface area contributed by atoms with Gasteiger partial charge in [0.15, 0.2) is 0 Å². The molecule has 106 valence electrons. The van der Waals surface area contributed by atoms with Gasteiger partial charge in [0.1, 0.15) is 5.82 Å². The third-order valence-corrected chi connectivity index (χ3v) is 3.62. The van der Waals surface area contributed by atoms with E-state index in [4.69, 9.17) is 0 Å². The molecule has 2 heteroatoms. The number of benzene rings is 2. The molecule has 1 N–H and O–H groups in total. The molecule has 2 rings (SSSR count). The molecular formula is C18H22FN. The van der Waals surface area contributed by atoms with Crippen molar-refractivity contribution in [3.8, 4) is 0 Å². The molecule has 0 aliphatic heterocycles. The average Bonchev–Trinajstić information content (AvgIpc) is 2.46. The molecule has 0 fully saturated rings. The fourth-order valence-electron chi connectivity index (χ4n) is 2.45. The third kappa shape index (κ3) is 3.67. The highest BCUT2D eigenvalue weighted by Gasteiger charge is 2.18. The number of hydrogen-bond donors (Lipinski definition) is 1. The van der Waals surface area contributed by atoms with Crippen molar-refractivity contribution in [2.45, 2.75) is 32.9 Å². The van der Waals surface area contributed by atoms with Gasteiger partial charge in [-0.2, -0.15) is 0 Å². The molecule has 2 aromatic carbocycles. The maximum Gasteiger partial charge on any atom is 0.123 e. The van der Waals surface area contributed by atoms with Gasteiger partial charge in [0.25, 0.3) is 0 Å². The smallest absolute Gasteiger partial charge is 0.123 e. The van der Waals surface area contributed by atoms with Crippen molar-refractivity contribution in [3.63, 3.8) is 0 Å². The van der Waals surface area contributed by atoms with E-state index in [0.29, 0.717) is 5.92 Å².